The summed E-state index contributed by atoms with van der Waals surface area (Å²) in [7, 11) is 2.19. The van der Waals surface area contributed by atoms with Gasteiger partial charge in [-0.25, -0.2) is 0 Å². The van der Waals surface area contributed by atoms with Crippen LogP contribution in [0.3, 0.4) is 0 Å². The Morgan fingerprint density at radius 2 is 0.688 bits per heavy atom. The topological polar surface area (TPSA) is 3.24 Å². The molecule has 0 unspecified atom stereocenters. The van der Waals surface area contributed by atoms with Crippen molar-refractivity contribution in [2.24, 2.45) is 0 Å². The van der Waals surface area contributed by atoms with Crippen LogP contribution in [-0.2, 0) is 0 Å². The van der Waals surface area contributed by atoms with Crippen molar-refractivity contribution in [3.8, 4) is 22.3 Å². The molecule has 0 fully saturated rings. The lowest BCUT2D eigenvalue weighted by molar-refractivity contribution is 1.40. The molecule has 0 amide bonds. The number of benzene rings is 5. The Balaban J connectivity index is 1.48. The van der Waals surface area contributed by atoms with E-state index in [2.05, 4.69) is 134 Å². The van der Waals surface area contributed by atoms with Crippen molar-refractivity contribution in [1.82, 2.24) is 0 Å². The highest BCUT2D eigenvalue weighted by Gasteiger charge is 2.13. The second-order valence-corrected chi connectivity index (χ2v) is 7.74. The molecule has 32 heavy (non-hydrogen) atoms. The second kappa shape index (κ2) is 9.41. The summed E-state index contributed by atoms with van der Waals surface area (Å²) in [5.41, 5.74) is 8.30. The Labute approximate surface area is 190 Å². The van der Waals surface area contributed by atoms with E-state index in [1.165, 1.54) is 22.3 Å². The van der Waals surface area contributed by atoms with Gasteiger partial charge in [0, 0.05) is 11.4 Å². The molecular formula is C30H23BN. The van der Waals surface area contributed by atoms with Crippen LogP contribution in [0.15, 0.2) is 140 Å². The molecule has 0 heterocycles. The van der Waals surface area contributed by atoms with Crippen molar-refractivity contribution in [2.75, 3.05) is 4.81 Å². The zero-order chi connectivity index (χ0) is 21.6. The van der Waals surface area contributed by atoms with Gasteiger partial charge in [-0.3, -0.25) is 0 Å². The van der Waals surface area contributed by atoms with Crippen molar-refractivity contribution in [3.63, 3.8) is 0 Å². The summed E-state index contributed by atoms with van der Waals surface area (Å²) in [6.45, 7) is 0. The summed E-state index contributed by atoms with van der Waals surface area (Å²) in [5, 5.41) is 0. The van der Waals surface area contributed by atoms with Crippen molar-refractivity contribution in [2.45, 2.75) is 0 Å². The van der Waals surface area contributed by atoms with Crippen LogP contribution in [0.25, 0.3) is 22.3 Å². The van der Waals surface area contributed by atoms with Gasteiger partial charge in [0.05, 0.1) is 0 Å². The van der Waals surface area contributed by atoms with Crippen LogP contribution < -0.4 is 10.3 Å². The molecule has 0 aliphatic carbocycles. The average molecular weight is 408 g/mol. The van der Waals surface area contributed by atoms with Gasteiger partial charge >= 0.3 is 0 Å². The third-order valence-electron chi connectivity index (χ3n) is 5.58. The normalized spacial score (nSPS) is 10.5. The van der Waals surface area contributed by atoms with Gasteiger partial charge in [-0.2, -0.15) is 0 Å². The van der Waals surface area contributed by atoms with E-state index in [4.69, 9.17) is 0 Å². The van der Waals surface area contributed by atoms with Gasteiger partial charge in [0.25, 0.3) is 7.41 Å². The Morgan fingerprint density at radius 3 is 1.09 bits per heavy atom. The molecule has 0 bridgehead atoms. The number of anilines is 2. The molecule has 0 aliphatic heterocycles. The Bertz CT molecular complexity index is 1170. The van der Waals surface area contributed by atoms with E-state index in [1.807, 2.05) is 18.2 Å². The number of nitrogens with zero attached hydrogens (tertiary/aromatic N) is 1. The maximum absolute atomic E-state index is 2.25. The quantitative estimate of drug-likeness (QED) is 0.271. The number of rotatable bonds is 6. The molecule has 2 heteroatoms. The van der Waals surface area contributed by atoms with Crippen molar-refractivity contribution in [1.29, 1.82) is 0 Å². The van der Waals surface area contributed by atoms with Crippen molar-refractivity contribution in [3.05, 3.63) is 140 Å². The van der Waals surface area contributed by atoms with Crippen LogP contribution in [0.2, 0.25) is 0 Å². The Morgan fingerprint density at radius 1 is 0.344 bits per heavy atom. The van der Waals surface area contributed by atoms with Gasteiger partial charge in [-0.1, -0.05) is 121 Å². The molecule has 0 aliphatic rings. The van der Waals surface area contributed by atoms with E-state index >= 15 is 0 Å². The maximum Gasteiger partial charge on any atom is 0.290 e. The molecule has 0 spiro atoms. The average Bonchev–Trinajstić information content (AvgIpc) is 2.89. The first-order chi connectivity index (χ1) is 15.9. The van der Waals surface area contributed by atoms with Crippen LogP contribution in [0.5, 0.6) is 0 Å². The van der Waals surface area contributed by atoms with Crippen LogP contribution in [0, 0.1) is 0 Å². The highest BCUT2D eigenvalue weighted by atomic mass is 15.1. The summed E-state index contributed by atoms with van der Waals surface area (Å²) in [5.74, 6) is 0. The molecule has 151 valence electrons. The maximum atomic E-state index is 2.25. The van der Waals surface area contributed by atoms with Gasteiger partial charge in [0.1, 0.15) is 0 Å². The van der Waals surface area contributed by atoms with E-state index in [0.717, 1.165) is 16.8 Å². The molecule has 5 rings (SSSR count). The summed E-state index contributed by atoms with van der Waals surface area (Å²) in [6.07, 6.45) is 0. The molecule has 1 radical (unpaired) electrons. The van der Waals surface area contributed by atoms with Crippen LogP contribution in [-0.4, -0.2) is 7.41 Å². The van der Waals surface area contributed by atoms with Gasteiger partial charge in [-0.15, -0.1) is 0 Å². The van der Waals surface area contributed by atoms with E-state index < -0.39 is 0 Å². The standard InChI is InChI=1S/C30H23BN/c1-4-10-24(11-5-1)26-16-20-29(21-17-26)32(31-28-14-8-3-9-15-28)30-22-18-27(19-23-30)25-12-6-2-7-13-25/h1-23H. The summed E-state index contributed by atoms with van der Waals surface area (Å²) in [6, 6.07) is 48.9. The highest BCUT2D eigenvalue weighted by Crippen LogP contribution is 2.29. The van der Waals surface area contributed by atoms with Crippen LogP contribution in [0.1, 0.15) is 0 Å². The lowest BCUT2D eigenvalue weighted by atomic mass is 9.79. The lowest BCUT2D eigenvalue weighted by Crippen LogP contribution is -2.32. The second-order valence-electron chi connectivity index (χ2n) is 7.74. The first-order valence-electron chi connectivity index (χ1n) is 10.9. The van der Waals surface area contributed by atoms with E-state index in [1.54, 1.807) is 0 Å². The molecule has 0 saturated heterocycles. The molecule has 5 aromatic rings. The fourth-order valence-electron chi connectivity index (χ4n) is 3.88. The SMILES string of the molecule is [B](c1ccccc1)N(c1ccc(-c2ccccc2)cc1)c1ccc(-c2ccccc2)cc1. The first-order valence-corrected chi connectivity index (χ1v) is 10.9. The van der Waals surface area contributed by atoms with E-state index in [-0.39, 0.29) is 0 Å². The smallest absolute Gasteiger partial charge is 0.290 e. The van der Waals surface area contributed by atoms with Crippen molar-refractivity contribution < 1.29 is 0 Å². The van der Waals surface area contributed by atoms with Crippen LogP contribution >= 0.6 is 0 Å². The Kier molecular flexibility index (Phi) is 5.85. The van der Waals surface area contributed by atoms with Gasteiger partial charge < -0.3 is 4.81 Å². The molecule has 0 aromatic heterocycles. The molecule has 5 aromatic carbocycles. The van der Waals surface area contributed by atoms with Gasteiger partial charge in [0.2, 0.25) is 0 Å². The molecule has 0 atom stereocenters. The summed E-state index contributed by atoms with van der Waals surface area (Å²) < 4.78 is 0. The summed E-state index contributed by atoms with van der Waals surface area (Å²) >= 11 is 0. The third kappa shape index (κ3) is 4.50. The zero-order valence-electron chi connectivity index (χ0n) is 17.8. The molecule has 0 N–H and O–H groups in total. The number of hydrogen-bond acceptors (Lipinski definition) is 1. The zero-order valence-corrected chi connectivity index (χ0v) is 17.8. The molecular weight excluding hydrogens is 385 g/mol. The highest BCUT2D eigenvalue weighted by molar-refractivity contribution is 6.59. The minimum absolute atomic E-state index is 1.13. The van der Waals surface area contributed by atoms with Gasteiger partial charge in [0.15, 0.2) is 0 Å². The van der Waals surface area contributed by atoms with Crippen molar-refractivity contribution >= 4 is 24.3 Å². The largest absolute Gasteiger partial charge is 0.386 e. The van der Waals surface area contributed by atoms with Gasteiger partial charge in [-0.05, 0) is 46.5 Å². The number of hydrogen-bond donors (Lipinski definition) is 0. The third-order valence-corrected chi connectivity index (χ3v) is 5.58. The van der Waals surface area contributed by atoms with E-state index in [0.29, 0.717) is 0 Å². The predicted molar refractivity (Wildman–Crippen MR) is 138 cm³/mol. The molecule has 0 saturated carbocycles. The monoisotopic (exact) mass is 408 g/mol. The minimum Gasteiger partial charge on any atom is -0.386 e. The summed E-state index contributed by atoms with van der Waals surface area (Å²) in [4.78, 5) is 2.25. The van der Waals surface area contributed by atoms with Crippen LogP contribution in [0.4, 0.5) is 11.4 Å². The predicted octanol–water partition coefficient (Wildman–Crippen LogP) is 7.10. The first kappa shape index (κ1) is 19.9. The lowest BCUT2D eigenvalue weighted by Gasteiger charge is -2.25. The Hall–Kier alpha value is -4.04. The fourth-order valence-corrected chi connectivity index (χ4v) is 3.88. The molecule has 1 nitrogen and oxygen atoms in total. The van der Waals surface area contributed by atoms with E-state index in [9.17, 15) is 0 Å². The fraction of sp³-hybridized carbons (Fsp3) is 0. The minimum atomic E-state index is 1.13.